The molecule has 2 unspecified atom stereocenters. The van der Waals surface area contributed by atoms with Gasteiger partial charge in [0.1, 0.15) is 11.9 Å². The number of hydrogen-bond acceptors (Lipinski definition) is 3. The van der Waals surface area contributed by atoms with Crippen molar-refractivity contribution in [2.75, 3.05) is 0 Å². The van der Waals surface area contributed by atoms with E-state index in [0.29, 0.717) is 5.82 Å². The van der Waals surface area contributed by atoms with Gasteiger partial charge in [-0.15, -0.1) is 0 Å². The van der Waals surface area contributed by atoms with Gasteiger partial charge < -0.3 is 14.8 Å². The van der Waals surface area contributed by atoms with E-state index in [1.807, 2.05) is 10.8 Å². The molecule has 1 rings (SSSR count). The van der Waals surface area contributed by atoms with Crippen molar-refractivity contribution >= 4 is 0 Å². The van der Waals surface area contributed by atoms with E-state index in [9.17, 15) is 10.2 Å². The highest BCUT2D eigenvalue weighted by atomic mass is 16.3. The zero-order chi connectivity index (χ0) is 9.84. The van der Waals surface area contributed by atoms with Crippen LogP contribution in [0.4, 0.5) is 0 Å². The third-order valence-corrected chi connectivity index (χ3v) is 1.93. The van der Waals surface area contributed by atoms with Crippen LogP contribution in [0.5, 0.6) is 0 Å². The summed E-state index contributed by atoms with van der Waals surface area (Å²) >= 11 is 0. The second kappa shape index (κ2) is 4.39. The maximum absolute atomic E-state index is 9.56. The van der Waals surface area contributed by atoms with Crippen molar-refractivity contribution in [2.45, 2.75) is 39.0 Å². The first-order valence-electron chi connectivity index (χ1n) is 4.54. The van der Waals surface area contributed by atoms with Crippen LogP contribution in [-0.2, 0) is 6.54 Å². The van der Waals surface area contributed by atoms with E-state index in [2.05, 4.69) is 11.9 Å². The Labute approximate surface area is 77.8 Å². The van der Waals surface area contributed by atoms with E-state index in [4.69, 9.17) is 0 Å². The van der Waals surface area contributed by atoms with Crippen LogP contribution in [0.1, 0.15) is 32.2 Å². The monoisotopic (exact) mass is 184 g/mol. The van der Waals surface area contributed by atoms with Crippen LogP contribution < -0.4 is 0 Å². The third kappa shape index (κ3) is 2.29. The normalized spacial score (nSPS) is 15.7. The highest BCUT2D eigenvalue weighted by Gasteiger charge is 2.18. The Hall–Kier alpha value is -0.870. The Balaban J connectivity index is 2.80. The minimum atomic E-state index is -0.887. The molecule has 0 aliphatic heterocycles. The summed E-state index contributed by atoms with van der Waals surface area (Å²) in [7, 11) is 0. The van der Waals surface area contributed by atoms with Gasteiger partial charge in [0.2, 0.25) is 0 Å². The fraction of sp³-hybridized carbons (Fsp3) is 0.667. The number of nitrogens with zero attached hydrogens (tertiary/aromatic N) is 2. The Morgan fingerprint density at radius 3 is 2.77 bits per heavy atom. The lowest BCUT2D eigenvalue weighted by Gasteiger charge is -2.14. The summed E-state index contributed by atoms with van der Waals surface area (Å²) < 4.78 is 1.86. The zero-order valence-corrected chi connectivity index (χ0v) is 8.01. The van der Waals surface area contributed by atoms with Crippen molar-refractivity contribution < 1.29 is 10.2 Å². The second-order valence-electron chi connectivity index (χ2n) is 3.16. The number of aliphatic hydroxyl groups excluding tert-OH is 2. The number of imidazole rings is 1. The highest BCUT2D eigenvalue weighted by molar-refractivity contribution is 4.98. The van der Waals surface area contributed by atoms with Crippen molar-refractivity contribution in [3.8, 4) is 0 Å². The van der Waals surface area contributed by atoms with E-state index in [0.717, 1.165) is 13.0 Å². The smallest absolute Gasteiger partial charge is 0.140 e. The molecule has 0 bridgehead atoms. The fourth-order valence-corrected chi connectivity index (χ4v) is 1.23. The number of aryl methyl sites for hydroxylation is 1. The first kappa shape index (κ1) is 10.2. The van der Waals surface area contributed by atoms with E-state index >= 15 is 0 Å². The average Bonchev–Trinajstić information content (AvgIpc) is 2.52. The number of aliphatic hydroxyl groups is 2. The van der Waals surface area contributed by atoms with Crippen molar-refractivity contribution in [3.05, 3.63) is 18.2 Å². The maximum Gasteiger partial charge on any atom is 0.140 e. The predicted octanol–water partition coefficient (Wildman–Crippen LogP) is 0.707. The molecule has 0 aromatic carbocycles. The highest BCUT2D eigenvalue weighted by Crippen LogP contribution is 2.14. The van der Waals surface area contributed by atoms with Gasteiger partial charge in [0.25, 0.3) is 0 Å². The van der Waals surface area contributed by atoms with Gasteiger partial charge in [-0.25, -0.2) is 4.98 Å². The van der Waals surface area contributed by atoms with Crippen molar-refractivity contribution in [3.63, 3.8) is 0 Å². The molecule has 1 aromatic heterocycles. The molecule has 0 saturated heterocycles. The van der Waals surface area contributed by atoms with E-state index in [-0.39, 0.29) is 0 Å². The van der Waals surface area contributed by atoms with Crippen molar-refractivity contribution in [1.82, 2.24) is 9.55 Å². The van der Waals surface area contributed by atoms with Gasteiger partial charge in [0, 0.05) is 18.9 Å². The summed E-state index contributed by atoms with van der Waals surface area (Å²) in [4.78, 5) is 4.01. The lowest BCUT2D eigenvalue weighted by Crippen LogP contribution is -2.18. The number of hydrogen-bond donors (Lipinski definition) is 2. The minimum absolute atomic E-state index is 0.539. The van der Waals surface area contributed by atoms with Gasteiger partial charge in [-0.1, -0.05) is 6.92 Å². The molecule has 2 atom stereocenters. The quantitative estimate of drug-likeness (QED) is 0.724. The lowest BCUT2D eigenvalue weighted by molar-refractivity contribution is 0.0226. The topological polar surface area (TPSA) is 58.3 Å². The van der Waals surface area contributed by atoms with Gasteiger partial charge in [-0.3, -0.25) is 0 Å². The van der Waals surface area contributed by atoms with Gasteiger partial charge in [0.05, 0.1) is 6.10 Å². The number of rotatable bonds is 4. The molecule has 2 N–H and O–H groups in total. The molecule has 0 radical (unpaired) electrons. The fourth-order valence-electron chi connectivity index (χ4n) is 1.23. The summed E-state index contributed by atoms with van der Waals surface area (Å²) in [5.74, 6) is 0.539. The molecule has 4 heteroatoms. The van der Waals surface area contributed by atoms with Crippen molar-refractivity contribution in [1.29, 1.82) is 0 Å². The predicted molar refractivity (Wildman–Crippen MR) is 49.2 cm³/mol. The Kier molecular flexibility index (Phi) is 3.45. The molecule has 13 heavy (non-hydrogen) atoms. The summed E-state index contributed by atoms with van der Waals surface area (Å²) in [5.41, 5.74) is 0. The summed E-state index contributed by atoms with van der Waals surface area (Å²) in [6, 6.07) is 0. The Morgan fingerprint density at radius 2 is 2.23 bits per heavy atom. The molecule has 4 nitrogen and oxygen atoms in total. The second-order valence-corrected chi connectivity index (χ2v) is 3.16. The molecular weight excluding hydrogens is 168 g/mol. The van der Waals surface area contributed by atoms with Crippen LogP contribution in [0.3, 0.4) is 0 Å². The van der Waals surface area contributed by atoms with Gasteiger partial charge in [-0.05, 0) is 13.3 Å². The zero-order valence-electron chi connectivity index (χ0n) is 8.01. The first-order chi connectivity index (χ1) is 6.16. The largest absolute Gasteiger partial charge is 0.390 e. The van der Waals surface area contributed by atoms with Crippen LogP contribution in [0.25, 0.3) is 0 Å². The standard InChI is InChI=1S/C9H16N2O2/c1-3-5-11-6-4-10-9(11)8(13)7(2)12/h4,6-8,12-13H,3,5H2,1-2H3. The molecule has 0 saturated carbocycles. The molecule has 0 amide bonds. The molecule has 0 aliphatic rings. The molecule has 1 heterocycles. The SMILES string of the molecule is CCCn1ccnc1C(O)C(C)O. The molecule has 1 aromatic rings. The third-order valence-electron chi connectivity index (χ3n) is 1.93. The maximum atomic E-state index is 9.56. The summed E-state index contributed by atoms with van der Waals surface area (Å²) in [5, 5.41) is 18.7. The van der Waals surface area contributed by atoms with Crippen LogP contribution in [-0.4, -0.2) is 25.9 Å². The van der Waals surface area contributed by atoms with E-state index < -0.39 is 12.2 Å². The van der Waals surface area contributed by atoms with Crippen LogP contribution in [0, 0.1) is 0 Å². The average molecular weight is 184 g/mol. The molecule has 0 fully saturated rings. The lowest BCUT2D eigenvalue weighted by atomic mass is 10.2. The van der Waals surface area contributed by atoms with Crippen LogP contribution >= 0.6 is 0 Å². The number of aromatic nitrogens is 2. The van der Waals surface area contributed by atoms with Gasteiger partial charge in [-0.2, -0.15) is 0 Å². The molecule has 0 aliphatic carbocycles. The van der Waals surface area contributed by atoms with Gasteiger partial charge in [0.15, 0.2) is 0 Å². The summed E-state index contributed by atoms with van der Waals surface area (Å²) in [6.45, 7) is 4.42. The molecule has 0 spiro atoms. The minimum Gasteiger partial charge on any atom is -0.390 e. The van der Waals surface area contributed by atoms with E-state index in [1.54, 1.807) is 13.1 Å². The Bertz CT molecular complexity index is 258. The molecular formula is C9H16N2O2. The van der Waals surface area contributed by atoms with Crippen molar-refractivity contribution in [2.24, 2.45) is 0 Å². The van der Waals surface area contributed by atoms with Crippen LogP contribution in [0.2, 0.25) is 0 Å². The molecule has 74 valence electrons. The first-order valence-corrected chi connectivity index (χ1v) is 4.54. The Morgan fingerprint density at radius 1 is 1.54 bits per heavy atom. The van der Waals surface area contributed by atoms with Crippen LogP contribution in [0.15, 0.2) is 12.4 Å². The van der Waals surface area contributed by atoms with E-state index in [1.165, 1.54) is 0 Å². The van der Waals surface area contributed by atoms with Gasteiger partial charge >= 0.3 is 0 Å². The summed E-state index contributed by atoms with van der Waals surface area (Å²) in [6.07, 6.45) is 2.76.